The molecule has 1 N–H and O–H groups in total. The molecule has 0 unspecified atom stereocenters. The van der Waals surface area contributed by atoms with Gasteiger partial charge in [0.25, 0.3) is 5.91 Å². The van der Waals surface area contributed by atoms with E-state index in [1.165, 1.54) is 0 Å². The number of piperidine rings is 1. The Morgan fingerprint density at radius 2 is 2.00 bits per heavy atom. The van der Waals surface area contributed by atoms with Crippen LogP contribution in [0.2, 0.25) is 5.02 Å². The fourth-order valence-corrected chi connectivity index (χ4v) is 4.42. The van der Waals surface area contributed by atoms with E-state index in [1.54, 1.807) is 6.92 Å². The van der Waals surface area contributed by atoms with Crippen molar-refractivity contribution in [2.75, 3.05) is 19.6 Å². The van der Waals surface area contributed by atoms with Gasteiger partial charge in [-0.15, -0.1) is 0 Å². The molecule has 0 spiro atoms. The molecule has 0 radical (unpaired) electrons. The Kier molecular flexibility index (Phi) is 3.99. The highest BCUT2D eigenvalue weighted by Gasteiger charge is 2.38. The number of rotatable bonds is 1. The highest BCUT2D eigenvalue weighted by molar-refractivity contribution is 6.31. The Balaban J connectivity index is 1.67. The standard InChI is InChI=1S/C19H22ClN3O2/c1-11-16-7-14(20)4-6-17(16)21-18(11)19(25)23-9-13-3-5-15(23)10-22(8-13)12(2)24/h4,6-7,13,15,21H,3,5,8-10H2,1-2H3/t13-,15+/m0/s1. The molecule has 3 aliphatic rings. The number of aryl methyl sites for hydroxylation is 1. The molecule has 2 atom stereocenters. The van der Waals surface area contributed by atoms with Gasteiger partial charge in [0, 0.05) is 48.5 Å². The van der Waals surface area contributed by atoms with E-state index < -0.39 is 0 Å². The number of carbonyl (C=O) groups is 2. The van der Waals surface area contributed by atoms with E-state index in [0.29, 0.717) is 23.2 Å². The molecule has 3 saturated heterocycles. The van der Waals surface area contributed by atoms with E-state index in [0.717, 1.165) is 42.4 Å². The second-order valence-corrected chi connectivity index (χ2v) is 7.73. The predicted molar refractivity (Wildman–Crippen MR) is 97.8 cm³/mol. The van der Waals surface area contributed by atoms with Crippen molar-refractivity contribution in [3.8, 4) is 0 Å². The van der Waals surface area contributed by atoms with Crippen LogP contribution in [-0.2, 0) is 4.79 Å². The number of benzene rings is 1. The van der Waals surface area contributed by atoms with E-state index >= 15 is 0 Å². The van der Waals surface area contributed by atoms with Crippen molar-refractivity contribution in [3.05, 3.63) is 34.5 Å². The smallest absolute Gasteiger partial charge is 0.270 e. The van der Waals surface area contributed by atoms with Gasteiger partial charge in [-0.05, 0) is 49.4 Å². The van der Waals surface area contributed by atoms with Gasteiger partial charge in [-0.1, -0.05) is 11.6 Å². The van der Waals surface area contributed by atoms with Crippen LogP contribution in [0.25, 0.3) is 10.9 Å². The fraction of sp³-hybridized carbons (Fsp3) is 0.474. The molecule has 1 aromatic carbocycles. The van der Waals surface area contributed by atoms with E-state index in [1.807, 2.05) is 34.9 Å². The number of hydrogen-bond donors (Lipinski definition) is 1. The number of H-pyrrole nitrogens is 1. The average molecular weight is 360 g/mol. The lowest BCUT2D eigenvalue weighted by Crippen LogP contribution is -2.47. The molecule has 2 bridgehead atoms. The highest BCUT2D eigenvalue weighted by Crippen LogP contribution is 2.31. The number of nitrogens with zero attached hydrogens (tertiary/aromatic N) is 2. The predicted octanol–water partition coefficient (Wildman–Crippen LogP) is 3.21. The van der Waals surface area contributed by atoms with E-state index in [2.05, 4.69) is 4.98 Å². The molecule has 1 aromatic heterocycles. The molecular formula is C19H22ClN3O2. The first kappa shape index (κ1) is 16.5. The summed E-state index contributed by atoms with van der Waals surface area (Å²) in [7, 11) is 0. The maximum atomic E-state index is 13.3. The number of aromatic nitrogens is 1. The zero-order valence-corrected chi connectivity index (χ0v) is 15.3. The molecule has 0 saturated carbocycles. The third kappa shape index (κ3) is 2.80. The minimum absolute atomic E-state index is 0.0323. The Hall–Kier alpha value is -2.01. The zero-order valence-electron chi connectivity index (χ0n) is 14.5. The summed E-state index contributed by atoms with van der Waals surface area (Å²) >= 11 is 6.10. The topological polar surface area (TPSA) is 56.4 Å². The van der Waals surface area contributed by atoms with Crippen LogP contribution in [0.15, 0.2) is 18.2 Å². The van der Waals surface area contributed by atoms with Crippen LogP contribution in [0.4, 0.5) is 0 Å². The van der Waals surface area contributed by atoms with Crippen molar-refractivity contribution in [2.45, 2.75) is 32.7 Å². The summed E-state index contributed by atoms with van der Waals surface area (Å²) in [6, 6.07) is 5.73. The van der Waals surface area contributed by atoms with Crippen molar-refractivity contribution in [1.29, 1.82) is 0 Å². The van der Waals surface area contributed by atoms with Gasteiger partial charge in [-0.2, -0.15) is 0 Å². The third-order valence-electron chi connectivity index (χ3n) is 5.65. The van der Waals surface area contributed by atoms with Crippen molar-refractivity contribution >= 4 is 34.3 Å². The van der Waals surface area contributed by atoms with Crippen molar-refractivity contribution < 1.29 is 9.59 Å². The molecular weight excluding hydrogens is 338 g/mol. The lowest BCUT2D eigenvalue weighted by molar-refractivity contribution is -0.129. The summed E-state index contributed by atoms with van der Waals surface area (Å²) in [6.45, 7) is 5.70. The van der Waals surface area contributed by atoms with Crippen molar-refractivity contribution in [1.82, 2.24) is 14.8 Å². The normalized spacial score (nSPS) is 23.2. The van der Waals surface area contributed by atoms with Crippen LogP contribution < -0.4 is 0 Å². The molecule has 5 rings (SSSR count). The molecule has 0 aliphatic carbocycles. The summed E-state index contributed by atoms with van der Waals surface area (Å²) in [5, 5.41) is 1.65. The average Bonchev–Trinajstić information content (AvgIpc) is 2.76. The summed E-state index contributed by atoms with van der Waals surface area (Å²) in [5.74, 6) is 0.498. The minimum atomic E-state index is 0.0323. The molecule has 6 heteroatoms. The van der Waals surface area contributed by atoms with E-state index in [9.17, 15) is 9.59 Å². The highest BCUT2D eigenvalue weighted by atomic mass is 35.5. The van der Waals surface area contributed by atoms with Gasteiger partial charge < -0.3 is 14.8 Å². The Morgan fingerprint density at radius 1 is 1.20 bits per heavy atom. The molecule has 2 aromatic rings. The number of carbonyl (C=O) groups excluding carboxylic acids is 2. The second-order valence-electron chi connectivity index (χ2n) is 7.29. The SMILES string of the molecule is CC(=O)N1C[C@@H]2CC[C@H](C1)N(C(=O)c1[nH]c3ccc(Cl)cc3c1C)C2. The van der Waals surface area contributed by atoms with Gasteiger partial charge in [0.2, 0.25) is 5.91 Å². The monoisotopic (exact) mass is 359 g/mol. The third-order valence-corrected chi connectivity index (χ3v) is 5.89. The van der Waals surface area contributed by atoms with Crippen LogP contribution in [0.3, 0.4) is 0 Å². The van der Waals surface area contributed by atoms with Gasteiger partial charge in [0.05, 0.1) is 0 Å². The Bertz CT molecular complexity index is 860. The number of nitrogens with one attached hydrogen (secondary N) is 1. The van der Waals surface area contributed by atoms with Gasteiger partial charge in [-0.3, -0.25) is 9.59 Å². The van der Waals surface area contributed by atoms with Crippen molar-refractivity contribution in [2.24, 2.45) is 5.92 Å². The number of fused-ring (bicyclic) bond motifs is 5. The summed E-state index contributed by atoms with van der Waals surface area (Å²) in [4.78, 5) is 32.2. The second kappa shape index (κ2) is 6.06. The molecule has 25 heavy (non-hydrogen) atoms. The van der Waals surface area contributed by atoms with Crippen LogP contribution in [-0.4, -0.2) is 52.3 Å². The van der Waals surface area contributed by atoms with Crippen LogP contribution in [0, 0.1) is 12.8 Å². The van der Waals surface area contributed by atoms with Crippen LogP contribution in [0.5, 0.6) is 0 Å². The zero-order chi connectivity index (χ0) is 17.7. The minimum Gasteiger partial charge on any atom is -0.350 e. The number of halogens is 1. The lowest BCUT2D eigenvalue weighted by Gasteiger charge is -2.36. The number of amides is 2. The number of hydrogen-bond acceptors (Lipinski definition) is 2. The van der Waals surface area contributed by atoms with Gasteiger partial charge in [0.1, 0.15) is 5.69 Å². The first-order valence-electron chi connectivity index (χ1n) is 8.78. The molecule has 2 amide bonds. The Morgan fingerprint density at radius 3 is 2.76 bits per heavy atom. The summed E-state index contributed by atoms with van der Waals surface area (Å²) < 4.78 is 0. The summed E-state index contributed by atoms with van der Waals surface area (Å²) in [5.41, 5.74) is 2.50. The molecule has 3 aliphatic heterocycles. The van der Waals surface area contributed by atoms with Crippen molar-refractivity contribution in [3.63, 3.8) is 0 Å². The fourth-order valence-electron chi connectivity index (χ4n) is 4.24. The molecule has 3 fully saturated rings. The van der Waals surface area contributed by atoms with Crippen LogP contribution >= 0.6 is 11.6 Å². The Labute approximate surface area is 151 Å². The largest absolute Gasteiger partial charge is 0.350 e. The molecule has 4 heterocycles. The molecule has 5 nitrogen and oxygen atoms in total. The van der Waals surface area contributed by atoms with Gasteiger partial charge in [0.15, 0.2) is 0 Å². The first-order valence-corrected chi connectivity index (χ1v) is 9.16. The maximum absolute atomic E-state index is 13.3. The van der Waals surface area contributed by atoms with E-state index in [-0.39, 0.29) is 17.9 Å². The lowest BCUT2D eigenvalue weighted by atomic mass is 9.94. The molecule has 132 valence electrons. The van der Waals surface area contributed by atoms with E-state index in [4.69, 9.17) is 11.6 Å². The number of aromatic amines is 1. The first-order chi connectivity index (χ1) is 11.9. The summed E-state index contributed by atoms with van der Waals surface area (Å²) in [6.07, 6.45) is 2.05. The van der Waals surface area contributed by atoms with Crippen LogP contribution in [0.1, 0.15) is 35.8 Å². The quantitative estimate of drug-likeness (QED) is 0.850. The van der Waals surface area contributed by atoms with Gasteiger partial charge >= 0.3 is 0 Å². The van der Waals surface area contributed by atoms with Gasteiger partial charge in [-0.25, -0.2) is 0 Å². The maximum Gasteiger partial charge on any atom is 0.270 e.